The Morgan fingerprint density at radius 1 is 1.32 bits per heavy atom. The minimum absolute atomic E-state index is 0.363. The van der Waals surface area contributed by atoms with Crippen molar-refractivity contribution < 1.29 is 4.74 Å². The van der Waals surface area contributed by atoms with Crippen LogP contribution in [-0.2, 0) is 12.8 Å². The summed E-state index contributed by atoms with van der Waals surface area (Å²) in [6.07, 6.45) is 0. The summed E-state index contributed by atoms with van der Waals surface area (Å²) in [5, 5.41) is 12.5. The number of ether oxygens (including phenoxy) is 1. The Hall–Kier alpha value is -1.38. The van der Waals surface area contributed by atoms with Crippen molar-refractivity contribution in [1.82, 2.24) is 19.7 Å². The molecule has 0 saturated carbocycles. The van der Waals surface area contributed by atoms with E-state index in [2.05, 4.69) is 49.9 Å². The van der Waals surface area contributed by atoms with E-state index < -0.39 is 0 Å². The van der Waals surface area contributed by atoms with Gasteiger partial charge in [-0.25, -0.2) is 4.98 Å². The molecule has 3 aromatic rings. The number of halogens is 1. The number of rotatable bonds is 6. The fourth-order valence-corrected chi connectivity index (χ4v) is 4.55. The van der Waals surface area contributed by atoms with E-state index >= 15 is 0 Å². The Morgan fingerprint density at radius 3 is 2.80 bits per heavy atom. The molecule has 8 heteroatoms. The van der Waals surface area contributed by atoms with Crippen molar-refractivity contribution in [3.63, 3.8) is 0 Å². The van der Waals surface area contributed by atoms with Crippen molar-refractivity contribution in [2.45, 2.75) is 30.7 Å². The number of aromatic nitrogens is 4. The second-order valence-electron chi connectivity index (χ2n) is 5.83. The molecule has 2 aromatic heterocycles. The van der Waals surface area contributed by atoms with Gasteiger partial charge in [0.1, 0.15) is 16.6 Å². The van der Waals surface area contributed by atoms with Gasteiger partial charge in [-0.15, -0.1) is 21.5 Å². The van der Waals surface area contributed by atoms with Crippen molar-refractivity contribution in [1.29, 1.82) is 0 Å². The molecule has 132 valence electrons. The normalized spacial score (nSPS) is 11.3. The molecule has 0 spiro atoms. The number of thioether (sulfide) groups is 1. The van der Waals surface area contributed by atoms with Gasteiger partial charge >= 0.3 is 0 Å². The number of methoxy groups -OCH3 is 1. The van der Waals surface area contributed by atoms with E-state index in [9.17, 15) is 0 Å². The fourth-order valence-electron chi connectivity index (χ4n) is 2.44. The summed E-state index contributed by atoms with van der Waals surface area (Å²) in [7, 11) is 3.69. The zero-order valence-corrected chi connectivity index (χ0v) is 17.7. The molecule has 3 rings (SSSR count). The molecule has 0 bridgehead atoms. The van der Waals surface area contributed by atoms with Crippen molar-refractivity contribution >= 4 is 39.0 Å². The van der Waals surface area contributed by atoms with E-state index in [4.69, 9.17) is 9.72 Å². The first-order chi connectivity index (χ1) is 12.0. The molecule has 0 unspecified atom stereocenters. The summed E-state index contributed by atoms with van der Waals surface area (Å²) < 4.78 is 8.52. The molecule has 0 N–H and O–H groups in total. The fraction of sp³-hybridized carbons (Fsp3) is 0.353. The third-order valence-corrected chi connectivity index (χ3v) is 6.15. The maximum Gasteiger partial charge on any atom is 0.191 e. The van der Waals surface area contributed by atoms with E-state index in [0.717, 1.165) is 43.2 Å². The lowest BCUT2D eigenvalue weighted by molar-refractivity contribution is 0.416. The van der Waals surface area contributed by atoms with E-state index in [0.29, 0.717) is 5.92 Å². The number of thiazole rings is 1. The van der Waals surface area contributed by atoms with Crippen LogP contribution in [0.25, 0.3) is 10.6 Å². The Labute approximate surface area is 164 Å². The van der Waals surface area contributed by atoms with Gasteiger partial charge in [-0.1, -0.05) is 41.5 Å². The lowest BCUT2D eigenvalue weighted by Gasteiger charge is -2.06. The third-order valence-electron chi connectivity index (χ3n) is 3.68. The van der Waals surface area contributed by atoms with Crippen LogP contribution in [0.1, 0.15) is 31.3 Å². The van der Waals surface area contributed by atoms with Crippen LogP contribution in [0.3, 0.4) is 0 Å². The highest BCUT2D eigenvalue weighted by Gasteiger charge is 2.14. The van der Waals surface area contributed by atoms with Crippen LogP contribution in [0.2, 0.25) is 0 Å². The number of hydrogen-bond acceptors (Lipinski definition) is 6. The lowest BCUT2D eigenvalue weighted by Crippen LogP contribution is -2.00. The highest BCUT2D eigenvalue weighted by molar-refractivity contribution is 9.10. The van der Waals surface area contributed by atoms with E-state index in [1.807, 2.05) is 25.2 Å². The molecule has 0 radical (unpaired) electrons. The van der Waals surface area contributed by atoms with Crippen LogP contribution in [0, 0.1) is 0 Å². The molecular weight excluding hydrogens is 420 g/mol. The maximum absolute atomic E-state index is 5.45. The van der Waals surface area contributed by atoms with E-state index in [1.54, 1.807) is 30.2 Å². The van der Waals surface area contributed by atoms with Crippen LogP contribution in [0.5, 0.6) is 5.75 Å². The number of nitrogens with zero attached hydrogens (tertiary/aromatic N) is 4. The molecule has 0 amide bonds. The molecule has 0 fully saturated rings. The molecule has 25 heavy (non-hydrogen) atoms. The second kappa shape index (κ2) is 7.88. The quantitative estimate of drug-likeness (QED) is 0.499. The standard InChI is InChI=1S/C17H19BrN4OS2/c1-10(2)15-20-21-17(22(15)3)25-9-12-8-24-16(19-12)13-7-11(18)5-6-14(13)23-4/h5-8,10H,9H2,1-4H3. The monoisotopic (exact) mass is 438 g/mol. The number of hydrogen-bond donors (Lipinski definition) is 0. The summed E-state index contributed by atoms with van der Waals surface area (Å²) in [6.45, 7) is 4.24. The lowest BCUT2D eigenvalue weighted by atomic mass is 10.2. The predicted molar refractivity (Wildman–Crippen MR) is 106 cm³/mol. The van der Waals surface area contributed by atoms with Gasteiger partial charge in [-0.2, -0.15) is 0 Å². The van der Waals surface area contributed by atoms with Gasteiger partial charge < -0.3 is 9.30 Å². The first-order valence-electron chi connectivity index (χ1n) is 7.80. The molecule has 0 aliphatic carbocycles. The maximum atomic E-state index is 5.45. The van der Waals surface area contributed by atoms with Crippen molar-refractivity contribution in [3.8, 4) is 16.3 Å². The van der Waals surface area contributed by atoms with Crippen LogP contribution < -0.4 is 4.74 Å². The topological polar surface area (TPSA) is 52.8 Å². The smallest absolute Gasteiger partial charge is 0.191 e. The van der Waals surface area contributed by atoms with Crippen LogP contribution in [0.15, 0.2) is 33.2 Å². The molecule has 2 heterocycles. The van der Waals surface area contributed by atoms with Gasteiger partial charge in [0.05, 0.1) is 18.4 Å². The van der Waals surface area contributed by atoms with Gasteiger partial charge in [-0.05, 0) is 18.2 Å². The van der Waals surface area contributed by atoms with Crippen molar-refractivity contribution in [2.75, 3.05) is 7.11 Å². The summed E-state index contributed by atoms with van der Waals surface area (Å²) in [5.41, 5.74) is 2.03. The molecule has 1 aromatic carbocycles. The molecule has 0 aliphatic rings. The van der Waals surface area contributed by atoms with Gasteiger partial charge in [0.15, 0.2) is 5.16 Å². The first kappa shape index (κ1) is 18.4. The molecule has 0 aliphatic heterocycles. The summed E-state index contributed by atoms with van der Waals surface area (Å²) in [4.78, 5) is 4.76. The molecule has 5 nitrogen and oxygen atoms in total. The molecule has 0 saturated heterocycles. The molecule has 0 atom stereocenters. The average molecular weight is 439 g/mol. The minimum Gasteiger partial charge on any atom is -0.496 e. The van der Waals surface area contributed by atoms with Crippen molar-refractivity contribution in [2.24, 2.45) is 7.05 Å². The van der Waals surface area contributed by atoms with E-state index in [-0.39, 0.29) is 0 Å². The van der Waals surface area contributed by atoms with Crippen LogP contribution in [0.4, 0.5) is 0 Å². The Balaban J connectivity index is 1.76. The van der Waals surface area contributed by atoms with Crippen LogP contribution >= 0.6 is 39.0 Å². The minimum atomic E-state index is 0.363. The number of benzene rings is 1. The van der Waals surface area contributed by atoms with E-state index in [1.165, 1.54) is 0 Å². The van der Waals surface area contributed by atoms with Crippen molar-refractivity contribution in [3.05, 3.63) is 39.6 Å². The zero-order valence-electron chi connectivity index (χ0n) is 14.5. The second-order valence-corrected chi connectivity index (χ2v) is 8.55. The summed E-state index contributed by atoms with van der Waals surface area (Å²) >= 11 is 6.79. The molecular formula is C17H19BrN4OS2. The first-order valence-corrected chi connectivity index (χ1v) is 10.5. The van der Waals surface area contributed by atoms with Gasteiger partial charge in [0.25, 0.3) is 0 Å². The highest BCUT2D eigenvalue weighted by Crippen LogP contribution is 2.35. The Kier molecular flexibility index (Phi) is 5.81. The Bertz CT molecular complexity index is 875. The third kappa shape index (κ3) is 4.07. The largest absolute Gasteiger partial charge is 0.496 e. The Morgan fingerprint density at radius 2 is 2.12 bits per heavy atom. The van der Waals surface area contributed by atoms with Crippen LogP contribution in [-0.4, -0.2) is 26.9 Å². The zero-order chi connectivity index (χ0) is 18.0. The summed E-state index contributed by atoms with van der Waals surface area (Å²) in [5.74, 6) is 2.95. The SMILES string of the molecule is COc1ccc(Br)cc1-c1nc(CSc2nnc(C(C)C)n2C)cs1. The van der Waals surface area contributed by atoms with Gasteiger partial charge in [0.2, 0.25) is 0 Å². The highest BCUT2D eigenvalue weighted by atomic mass is 79.9. The van der Waals surface area contributed by atoms with Gasteiger partial charge in [0, 0.05) is 28.6 Å². The average Bonchev–Trinajstić information content (AvgIpc) is 3.19. The predicted octanol–water partition coefficient (Wildman–Crippen LogP) is 5.13. The van der Waals surface area contributed by atoms with Gasteiger partial charge in [-0.3, -0.25) is 0 Å². The summed E-state index contributed by atoms with van der Waals surface area (Å²) in [6, 6.07) is 5.95.